The molecule has 36 heavy (non-hydrogen) atoms. The maximum atomic E-state index is 13.1. The normalized spacial score (nSPS) is 12.7. The fourth-order valence-corrected chi connectivity index (χ4v) is 4.10. The van der Waals surface area contributed by atoms with Gasteiger partial charge in [-0.3, -0.25) is 24.0 Å². The van der Waals surface area contributed by atoms with Gasteiger partial charge in [0.25, 0.3) is 5.91 Å². The van der Waals surface area contributed by atoms with Gasteiger partial charge in [0.15, 0.2) is 18.2 Å². The molecule has 0 radical (unpaired) electrons. The minimum absolute atomic E-state index is 0.103. The molecule has 182 valence electrons. The number of amides is 2. The van der Waals surface area contributed by atoms with E-state index in [1.807, 2.05) is 31.2 Å². The van der Waals surface area contributed by atoms with Gasteiger partial charge in [-0.1, -0.05) is 66.2 Å². The maximum Gasteiger partial charge on any atom is 0.308 e. The minimum Gasteiger partial charge on any atom is -0.455 e. The van der Waals surface area contributed by atoms with Crippen molar-refractivity contribution in [3.8, 4) is 0 Å². The van der Waals surface area contributed by atoms with Crippen LogP contribution in [0.1, 0.15) is 62.4 Å². The Hall–Kier alpha value is -4.59. The van der Waals surface area contributed by atoms with Crippen LogP contribution in [0.25, 0.3) is 0 Å². The number of ketones is 2. The molecule has 1 aliphatic rings. The van der Waals surface area contributed by atoms with Gasteiger partial charge in [-0.2, -0.15) is 0 Å². The van der Waals surface area contributed by atoms with Crippen molar-refractivity contribution in [2.45, 2.75) is 26.3 Å². The molecule has 1 aliphatic carbocycles. The van der Waals surface area contributed by atoms with E-state index in [0.717, 1.165) is 11.1 Å². The molecule has 0 saturated carbocycles. The smallest absolute Gasteiger partial charge is 0.308 e. The van der Waals surface area contributed by atoms with Gasteiger partial charge in [0.05, 0.1) is 23.7 Å². The number of fused-ring (bicyclic) bond motifs is 2. The largest absolute Gasteiger partial charge is 0.455 e. The average Bonchev–Trinajstić information content (AvgIpc) is 2.86. The number of nitrogens with one attached hydrogen (secondary N) is 2. The van der Waals surface area contributed by atoms with Gasteiger partial charge in [0, 0.05) is 23.6 Å². The number of rotatable bonds is 7. The van der Waals surface area contributed by atoms with E-state index in [4.69, 9.17) is 4.74 Å². The van der Waals surface area contributed by atoms with Gasteiger partial charge in [-0.05, 0) is 18.6 Å². The van der Waals surface area contributed by atoms with Gasteiger partial charge in [-0.15, -0.1) is 0 Å². The second kappa shape index (κ2) is 10.4. The van der Waals surface area contributed by atoms with Crippen molar-refractivity contribution in [3.05, 3.63) is 100 Å². The van der Waals surface area contributed by atoms with E-state index < -0.39 is 24.5 Å². The number of anilines is 1. The molecule has 0 spiro atoms. The van der Waals surface area contributed by atoms with Crippen molar-refractivity contribution >= 4 is 35.0 Å². The Balaban J connectivity index is 1.42. The Kier molecular flexibility index (Phi) is 7.05. The lowest BCUT2D eigenvalue weighted by Gasteiger charge is -2.20. The van der Waals surface area contributed by atoms with E-state index >= 15 is 0 Å². The molecule has 1 unspecified atom stereocenters. The monoisotopic (exact) mass is 484 g/mol. The number of ether oxygens (including phenoxy) is 1. The molecule has 0 aliphatic heterocycles. The lowest BCUT2D eigenvalue weighted by Crippen LogP contribution is -2.30. The van der Waals surface area contributed by atoms with E-state index in [1.54, 1.807) is 30.3 Å². The number of carbonyl (C=O) groups is 5. The van der Waals surface area contributed by atoms with E-state index in [9.17, 15) is 24.0 Å². The molecule has 2 amide bonds. The van der Waals surface area contributed by atoms with E-state index in [0.29, 0.717) is 5.56 Å². The number of hydrogen-bond donors (Lipinski definition) is 2. The highest BCUT2D eigenvalue weighted by molar-refractivity contribution is 6.30. The van der Waals surface area contributed by atoms with E-state index in [-0.39, 0.29) is 46.3 Å². The summed E-state index contributed by atoms with van der Waals surface area (Å²) in [6.07, 6.45) is -0.166. The van der Waals surface area contributed by atoms with Gasteiger partial charge >= 0.3 is 5.97 Å². The van der Waals surface area contributed by atoms with Crippen LogP contribution in [0.2, 0.25) is 0 Å². The molecule has 8 nitrogen and oxygen atoms in total. The van der Waals surface area contributed by atoms with Gasteiger partial charge < -0.3 is 15.4 Å². The SMILES string of the molecule is CC(=O)NC(CC(=O)OCC(=O)Nc1cccc2c1C(=O)c1ccccc1C2=O)c1ccc(C)cc1. The molecule has 0 aromatic heterocycles. The van der Waals surface area contributed by atoms with Gasteiger partial charge in [-0.25, -0.2) is 0 Å². The number of benzene rings is 3. The Morgan fingerprint density at radius 1 is 0.833 bits per heavy atom. The van der Waals surface area contributed by atoms with E-state index in [1.165, 1.54) is 19.1 Å². The lowest BCUT2D eigenvalue weighted by molar-refractivity contribution is -0.148. The van der Waals surface area contributed by atoms with Crippen LogP contribution < -0.4 is 10.6 Å². The van der Waals surface area contributed by atoms with E-state index in [2.05, 4.69) is 10.6 Å². The molecule has 8 heteroatoms. The molecular weight excluding hydrogens is 460 g/mol. The standard InChI is InChI=1S/C28H24N2O6/c1-16-10-12-18(13-11-16)23(29-17(2)31)14-25(33)36-15-24(32)30-22-9-5-8-21-26(22)28(35)20-7-4-3-6-19(20)27(21)34/h3-13,23H,14-15H2,1-2H3,(H,29,31)(H,30,32). The molecule has 0 bridgehead atoms. The van der Waals surface area contributed by atoms with Crippen LogP contribution in [0, 0.1) is 6.92 Å². The van der Waals surface area contributed by atoms with Crippen molar-refractivity contribution in [3.63, 3.8) is 0 Å². The molecule has 0 saturated heterocycles. The van der Waals surface area contributed by atoms with Crippen molar-refractivity contribution in [1.29, 1.82) is 0 Å². The minimum atomic E-state index is -0.681. The number of hydrogen-bond acceptors (Lipinski definition) is 6. The topological polar surface area (TPSA) is 119 Å². The summed E-state index contributed by atoms with van der Waals surface area (Å²) in [4.78, 5) is 62.5. The first-order chi connectivity index (χ1) is 17.2. The third-order valence-electron chi connectivity index (χ3n) is 5.82. The Bertz CT molecular complexity index is 1380. The summed E-state index contributed by atoms with van der Waals surface area (Å²) in [6, 6.07) is 17.9. The highest BCUT2D eigenvalue weighted by Crippen LogP contribution is 2.31. The third-order valence-corrected chi connectivity index (χ3v) is 5.82. The molecule has 1 atom stereocenters. The number of esters is 1. The second-order valence-corrected chi connectivity index (χ2v) is 8.51. The molecule has 0 heterocycles. The Morgan fingerprint density at radius 3 is 2.14 bits per heavy atom. The first-order valence-electron chi connectivity index (χ1n) is 11.3. The molecule has 2 N–H and O–H groups in total. The average molecular weight is 485 g/mol. The fourth-order valence-electron chi connectivity index (χ4n) is 4.10. The van der Waals surface area contributed by atoms with Crippen LogP contribution in [0.5, 0.6) is 0 Å². The van der Waals surface area contributed by atoms with Crippen LogP contribution in [0.4, 0.5) is 5.69 Å². The fraction of sp³-hybridized carbons (Fsp3) is 0.179. The summed E-state index contributed by atoms with van der Waals surface area (Å²) in [7, 11) is 0. The number of carbonyl (C=O) groups excluding carboxylic acids is 5. The zero-order chi connectivity index (χ0) is 25.8. The van der Waals surface area contributed by atoms with Crippen LogP contribution in [-0.2, 0) is 19.1 Å². The second-order valence-electron chi connectivity index (χ2n) is 8.51. The van der Waals surface area contributed by atoms with Crippen LogP contribution in [-0.4, -0.2) is 36.0 Å². The number of aryl methyl sites for hydroxylation is 1. The Labute approximate surface area is 207 Å². The van der Waals surface area contributed by atoms with Crippen molar-refractivity contribution in [2.75, 3.05) is 11.9 Å². The van der Waals surface area contributed by atoms with Crippen molar-refractivity contribution in [1.82, 2.24) is 5.32 Å². The highest BCUT2D eigenvalue weighted by atomic mass is 16.5. The first-order valence-corrected chi connectivity index (χ1v) is 11.3. The Morgan fingerprint density at radius 2 is 1.47 bits per heavy atom. The third kappa shape index (κ3) is 5.22. The summed E-state index contributed by atoms with van der Waals surface area (Å²) in [6.45, 7) is 2.68. The van der Waals surface area contributed by atoms with Gasteiger partial charge in [0.1, 0.15) is 0 Å². The van der Waals surface area contributed by atoms with Crippen LogP contribution in [0.3, 0.4) is 0 Å². The quantitative estimate of drug-likeness (QED) is 0.388. The highest BCUT2D eigenvalue weighted by Gasteiger charge is 2.31. The molecule has 4 rings (SSSR count). The van der Waals surface area contributed by atoms with Crippen LogP contribution >= 0.6 is 0 Å². The molecule has 3 aromatic carbocycles. The van der Waals surface area contributed by atoms with Gasteiger partial charge in [0.2, 0.25) is 5.91 Å². The predicted octanol–water partition coefficient (Wildman–Crippen LogP) is 3.52. The summed E-state index contributed by atoms with van der Waals surface area (Å²) in [5.41, 5.74) is 2.81. The summed E-state index contributed by atoms with van der Waals surface area (Å²) in [5.74, 6) is -2.32. The summed E-state index contributed by atoms with van der Waals surface area (Å²) < 4.78 is 5.13. The molecule has 3 aromatic rings. The zero-order valence-corrected chi connectivity index (χ0v) is 19.8. The van der Waals surface area contributed by atoms with Crippen molar-refractivity contribution < 1.29 is 28.7 Å². The molecular formula is C28H24N2O6. The first kappa shape index (κ1) is 24.5. The lowest BCUT2D eigenvalue weighted by atomic mass is 9.83. The van der Waals surface area contributed by atoms with Crippen LogP contribution in [0.15, 0.2) is 66.7 Å². The summed E-state index contributed by atoms with van der Waals surface area (Å²) in [5, 5.41) is 5.29. The molecule has 0 fully saturated rings. The van der Waals surface area contributed by atoms with Crippen molar-refractivity contribution in [2.24, 2.45) is 0 Å². The summed E-state index contributed by atoms with van der Waals surface area (Å²) >= 11 is 0. The zero-order valence-electron chi connectivity index (χ0n) is 19.8. The maximum absolute atomic E-state index is 13.1. The predicted molar refractivity (Wildman–Crippen MR) is 132 cm³/mol.